The quantitative estimate of drug-likeness (QED) is 0.516. The summed E-state index contributed by atoms with van der Waals surface area (Å²) in [5.74, 6) is -0.285. The molecule has 0 unspecified atom stereocenters. The van der Waals surface area contributed by atoms with Crippen molar-refractivity contribution < 1.29 is 27.4 Å². The molecule has 1 fully saturated rings. The van der Waals surface area contributed by atoms with Crippen LogP contribution >= 0.6 is 0 Å². The number of anilines is 1. The maximum absolute atomic E-state index is 13.1. The number of nitrogens with one attached hydrogen (secondary N) is 1. The Hall–Kier alpha value is -3.35. The number of ether oxygens (including phenoxy) is 2. The Kier molecular flexibility index (Phi) is 7.87. The van der Waals surface area contributed by atoms with Gasteiger partial charge in [-0.3, -0.25) is 9.69 Å². The molecule has 0 radical (unpaired) electrons. The number of alkyl halides is 3. The van der Waals surface area contributed by atoms with Crippen LogP contribution in [0, 0.1) is 11.3 Å². The lowest BCUT2D eigenvalue weighted by molar-refractivity contribution is -0.137. The van der Waals surface area contributed by atoms with Gasteiger partial charge in [0.15, 0.2) is 0 Å². The van der Waals surface area contributed by atoms with E-state index in [-0.39, 0.29) is 5.57 Å². The van der Waals surface area contributed by atoms with Gasteiger partial charge < -0.3 is 14.8 Å². The number of amides is 1. The van der Waals surface area contributed by atoms with Crippen molar-refractivity contribution in [1.82, 2.24) is 4.90 Å². The zero-order chi connectivity index (χ0) is 23.0. The largest absolute Gasteiger partial charge is 0.492 e. The number of carbonyl (C=O) groups is 1. The normalized spacial score (nSPS) is 15.1. The van der Waals surface area contributed by atoms with E-state index in [1.165, 1.54) is 18.2 Å². The molecule has 1 aliphatic heterocycles. The SMILES string of the molecule is N#C/C(=C\c1ccc(OCCN2CCOCC2)cc1)C(=O)Nc1ccccc1C(F)(F)F. The number of rotatable bonds is 7. The van der Waals surface area contributed by atoms with Gasteiger partial charge in [0.25, 0.3) is 5.91 Å². The lowest BCUT2D eigenvalue weighted by Gasteiger charge is -2.26. The van der Waals surface area contributed by atoms with Crippen molar-refractivity contribution in [3.8, 4) is 11.8 Å². The zero-order valence-electron chi connectivity index (χ0n) is 17.2. The van der Waals surface area contributed by atoms with E-state index in [0.29, 0.717) is 17.9 Å². The maximum Gasteiger partial charge on any atom is 0.418 e. The molecule has 6 nitrogen and oxygen atoms in total. The third-order valence-corrected chi connectivity index (χ3v) is 4.82. The number of carbonyl (C=O) groups excluding carboxylic acids is 1. The van der Waals surface area contributed by atoms with Crippen LogP contribution in [0.1, 0.15) is 11.1 Å². The van der Waals surface area contributed by atoms with Gasteiger partial charge in [0, 0.05) is 19.6 Å². The molecule has 0 aliphatic carbocycles. The van der Waals surface area contributed by atoms with Gasteiger partial charge in [-0.05, 0) is 35.9 Å². The van der Waals surface area contributed by atoms with E-state index < -0.39 is 23.3 Å². The number of hydrogen-bond donors (Lipinski definition) is 1. The summed E-state index contributed by atoms with van der Waals surface area (Å²) in [6, 6.07) is 13.1. The zero-order valence-corrected chi connectivity index (χ0v) is 17.2. The topological polar surface area (TPSA) is 74.6 Å². The molecule has 9 heteroatoms. The number of hydrogen-bond acceptors (Lipinski definition) is 5. The minimum absolute atomic E-state index is 0.317. The average molecular weight is 445 g/mol. The second-order valence-electron chi connectivity index (χ2n) is 7.04. The smallest absolute Gasteiger partial charge is 0.418 e. The predicted molar refractivity (Wildman–Crippen MR) is 113 cm³/mol. The van der Waals surface area contributed by atoms with Crippen LogP contribution < -0.4 is 10.1 Å². The van der Waals surface area contributed by atoms with Crippen molar-refractivity contribution in [2.75, 3.05) is 44.8 Å². The fourth-order valence-corrected chi connectivity index (χ4v) is 3.12. The molecule has 32 heavy (non-hydrogen) atoms. The van der Waals surface area contributed by atoms with Gasteiger partial charge in [0.2, 0.25) is 0 Å². The number of nitrogens with zero attached hydrogens (tertiary/aromatic N) is 2. The fraction of sp³-hybridized carbons (Fsp3) is 0.304. The first-order valence-electron chi connectivity index (χ1n) is 9.99. The Balaban J connectivity index is 1.61. The van der Waals surface area contributed by atoms with Gasteiger partial charge in [-0.25, -0.2) is 0 Å². The standard InChI is InChI=1S/C23H22F3N3O3/c24-23(25,26)20-3-1-2-4-21(20)28-22(30)18(16-27)15-17-5-7-19(8-6-17)32-14-11-29-9-12-31-13-10-29/h1-8,15H,9-14H2,(H,28,30)/b18-15+. The molecule has 0 saturated carbocycles. The molecule has 0 spiro atoms. The summed E-state index contributed by atoms with van der Waals surface area (Å²) in [6.07, 6.45) is -3.32. The van der Waals surface area contributed by atoms with Crippen LogP contribution in [0.4, 0.5) is 18.9 Å². The van der Waals surface area contributed by atoms with Gasteiger partial charge in [-0.15, -0.1) is 0 Å². The Bertz CT molecular complexity index is 992. The third-order valence-electron chi connectivity index (χ3n) is 4.82. The molecule has 1 aliphatic rings. The highest BCUT2D eigenvalue weighted by Gasteiger charge is 2.33. The summed E-state index contributed by atoms with van der Waals surface area (Å²) in [5, 5.41) is 11.5. The van der Waals surface area contributed by atoms with Gasteiger partial charge in [0.05, 0.1) is 24.5 Å². The van der Waals surface area contributed by atoms with Gasteiger partial charge in [-0.1, -0.05) is 24.3 Å². The van der Waals surface area contributed by atoms with Crippen molar-refractivity contribution >= 4 is 17.7 Å². The molecule has 0 aromatic heterocycles. The first-order chi connectivity index (χ1) is 15.4. The predicted octanol–water partition coefficient (Wildman–Crippen LogP) is 3.96. The van der Waals surface area contributed by atoms with E-state index in [4.69, 9.17) is 9.47 Å². The Labute approximate surface area is 183 Å². The van der Waals surface area contributed by atoms with Crippen LogP contribution in [0.5, 0.6) is 5.75 Å². The highest BCUT2D eigenvalue weighted by molar-refractivity contribution is 6.10. The van der Waals surface area contributed by atoms with Crippen LogP contribution in [-0.2, 0) is 15.7 Å². The van der Waals surface area contributed by atoms with Crippen LogP contribution in [0.3, 0.4) is 0 Å². The summed E-state index contributed by atoms with van der Waals surface area (Å²) in [7, 11) is 0. The second kappa shape index (κ2) is 10.8. The molecule has 2 aromatic rings. The Morgan fingerprint density at radius 3 is 2.50 bits per heavy atom. The van der Waals surface area contributed by atoms with Crippen LogP contribution in [-0.4, -0.2) is 50.3 Å². The summed E-state index contributed by atoms with van der Waals surface area (Å²) in [5.41, 5.74) is -1.16. The first-order valence-corrected chi connectivity index (χ1v) is 9.99. The molecule has 1 heterocycles. The van der Waals surface area contributed by atoms with E-state index in [2.05, 4.69) is 10.2 Å². The van der Waals surface area contributed by atoms with E-state index in [9.17, 15) is 23.2 Å². The van der Waals surface area contributed by atoms with Crippen molar-refractivity contribution in [2.45, 2.75) is 6.18 Å². The number of halogens is 3. The molecule has 0 atom stereocenters. The summed E-state index contributed by atoms with van der Waals surface area (Å²) < 4.78 is 50.3. The van der Waals surface area contributed by atoms with E-state index in [1.807, 2.05) is 0 Å². The molecule has 2 aromatic carbocycles. The van der Waals surface area contributed by atoms with Crippen LogP contribution in [0.2, 0.25) is 0 Å². The lowest BCUT2D eigenvalue weighted by atomic mass is 10.1. The lowest BCUT2D eigenvalue weighted by Crippen LogP contribution is -2.38. The highest BCUT2D eigenvalue weighted by atomic mass is 19.4. The fourth-order valence-electron chi connectivity index (χ4n) is 3.12. The Morgan fingerprint density at radius 2 is 1.84 bits per heavy atom. The van der Waals surface area contributed by atoms with Crippen molar-refractivity contribution in [2.24, 2.45) is 0 Å². The highest BCUT2D eigenvalue weighted by Crippen LogP contribution is 2.34. The Morgan fingerprint density at radius 1 is 1.16 bits per heavy atom. The third kappa shape index (κ3) is 6.57. The van der Waals surface area contributed by atoms with Crippen molar-refractivity contribution in [1.29, 1.82) is 5.26 Å². The monoisotopic (exact) mass is 445 g/mol. The van der Waals surface area contributed by atoms with E-state index >= 15 is 0 Å². The summed E-state index contributed by atoms with van der Waals surface area (Å²) in [4.78, 5) is 14.6. The number of nitriles is 1. The van der Waals surface area contributed by atoms with Crippen LogP contribution in [0.25, 0.3) is 6.08 Å². The van der Waals surface area contributed by atoms with Gasteiger partial charge in [-0.2, -0.15) is 18.4 Å². The molecule has 1 amide bonds. The van der Waals surface area contributed by atoms with Crippen molar-refractivity contribution in [3.63, 3.8) is 0 Å². The molecule has 3 rings (SSSR count). The second-order valence-corrected chi connectivity index (χ2v) is 7.04. The minimum Gasteiger partial charge on any atom is -0.492 e. The summed E-state index contributed by atoms with van der Waals surface area (Å²) >= 11 is 0. The van der Waals surface area contributed by atoms with E-state index in [1.54, 1.807) is 30.3 Å². The molecule has 0 bridgehead atoms. The molecule has 1 N–H and O–H groups in total. The van der Waals surface area contributed by atoms with E-state index in [0.717, 1.165) is 45.0 Å². The van der Waals surface area contributed by atoms with Gasteiger partial charge in [0.1, 0.15) is 24.0 Å². The molecule has 1 saturated heterocycles. The maximum atomic E-state index is 13.1. The number of benzene rings is 2. The number of para-hydroxylation sites is 1. The molecular weight excluding hydrogens is 423 g/mol. The summed E-state index contributed by atoms with van der Waals surface area (Å²) in [6.45, 7) is 4.48. The van der Waals surface area contributed by atoms with Crippen molar-refractivity contribution in [3.05, 3.63) is 65.2 Å². The minimum atomic E-state index is -4.63. The average Bonchev–Trinajstić information content (AvgIpc) is 2.79. The van der Waals surface area contributed by atoms with Crippen LogP contribution in [0.15, 0.2) is 54.1 Å². The molecular formula is C23H22F3N3O3. The number of morpholine rings is 1. The first kappa shape index (κ1) is 23.3. The van der Waals surface area contributed by atoms with Gasteiger partial charge >= 0.3 is 6.18 Å². The molecule has 168 valence electrons.